The molecule has 1 N–H and O–H groups in total. The lowest BCUT2D eigenvalue weighted by molar-refractivity contribution is -0.133. The van der Waals surface area contributed by atoms with Crippen molar-refractivity contribution in [2.75, 3.05) is 32.7 Å². The Hall–Kier alpha value is -2.32. The summed E-state index contributed by atoms with van der Waals surface area (Å²) in [5.74, 6) is 0.978. The highest BCUT2D eigenvalue weighted by Crippen LogP contribution is 2.13. The minimum atomic E-state index is -0.340. The highest BCUT2D eigenvalue weighted by atomic mass is 16.5. The number of carbonyl (C=O) groups excluding carboxylic acids is 1. The van der Waals surface area contributed by atoms with E-state index in [1.807, 2.05) is 23.1 Å². The Morgan fingerprint density at radius 2 is 2.12 bits per heavy atom. The van der Waals surface area contributed by atoms with Crippen molar-refractivity contribution in [2.45, 2.75) is 25.9 Å². The van der Waals surface area contributed by atoms with Gasteiger partial charge in [0.05, 0.1) is 6.10 Å². The topological polar surface area (TPSA) is 95.6 Å². The number of hydrogen-bond donors (Lipinski definition) is 1. The molecule has 3 heterocycles. The van der Waals surface area contributed by atoms with Crippen LogP contribution < -0.4 is 0 Å². The molecular weight excluding hydrogens is 322 g/mol. The van der Waals surface area contributed by atoms with Gasteiger partial charge in [0.25, 0.3) is 0 Å². The monoisotopic (exact) mass is 345 g/mol. The second-order valence-electron chi connectivity index (χ2n) is 6.26. The van der Waals surface area contributed by atoms with Gasteiger partial charge in [0.2, 0.25) is 17.6 Å². The minimum absolute atomic E-state index is 0.0919. The number of hydrogen-bond acceptors (Lipinski definition) is 7. The van der Waals surface area contributed by atoms with Gasteiger partial charge in [-0.15, -0.1) is 0 Å². The van der Waals surface area contributed by atoms with Crippen molar-refractivity contribution >= 4 is 5.91 Å². The zero-order valence-corrected chi connectivity index (χ0v) is 14.3. The molecule has 1 fully saturated rings. The first-order valence-electron chi connectivity index (χ1n) is 8.54. The number of aryl methyl sites for hydroxylation is 1. The average Bonchev–Trinajstić information content (AvgIpc) is 3.10. The number of amides is 1. The van der Waals surface area contributed by atoms with Crippen LogP contribution in [-0.4, -0.2) is 74.8 Å². The number of nitrogens with zero attached hydrogens (tertiary/aromatic N) is 5. The summed E-state index contributed by atoms with van der Waals surface area (Å²) in [6.07, 6.45) is 2.10. The first kappa shape index (κ1) is 17.5. The molecule has 0 spiro atoms. The molecule has 25 heavy (non-hydrogen) atoms. The van der Waals surface area contributed by atoms with Crippen molar-refractivity contribution in [3.63, 3.8) is 0 Å². The summed E-state index contributed by atoms with van der Waals surface area (Å²) in [6.45, 7) is 5.40. The molecule has 0 aliphatic carbocycles. The first-order chi connectivity index (χ1) is 12.1. The minimum Gasteiger partial charge on any atom is -0.392 e. The Bertz CT molecular complexity index is 681. The molecule has 134 valence electrons. The van der Waals surface area contributed by atoms with Gasteiger partial charge in [-0.1, -0.05) is 11.2 Å². The molecule has 1 saturated heterocycles. The van der Waals surface area contributed by atoms with Gasteiger partial charge in [-0.25, -0.2) is 0 Å². The van der Waals surface area contributed by atoms with Crippen molar-refractivity contribution in [1.29, 1.82) is 0 Å². The molecule has 1 aliphatic rings. The SMILES string of the molecule is C[C@H](O)CN1CCN(C(=O)CCc2nc(-c3ccccn3)no2)CC1. The second-order valence-corrected chi connectivity index (χ2v) is 6.26. The van der Waals surface area contributed by atoms with E-state index in [4.69, 9.17) is 4.52 Å². The Balaban J connectivity index is 1.46. The van der Waals surface area contributed by atoms with E-state index < -0.39 is 0 Å². The Labute approximate surface area is 146 Å². The van der Waals surface area contributed by atoms with E-state index >= 15 is 0 Å². The lowest BCUT2D eigenvalue weighted by Gasteiger charge is -2.35. The Morgan fingerprint density at radius 3 is 2.80 bits per heavy atom. The number of β-amino-alcohol motifs (C(OH)–C–C–N with tert-alkyl or cyclic N) is 1. The van der Waals surface area contributed by atoms with E-state index in [9.17, 15) is 9.90 Å². The van der Waals surface area contributed by atoms with Crippen LogP contribution in [0.1, 0.15) is 19.2 Å². The molecule has 2 aromatic rings. The van der Waals surface area contributed by atoms with Gasteiger partial charge < -0.3 is 14.5 Å². The predicted octanol–water partition coefficient (Wildman–Crippen LogP) is 0.589. The molecule has 0 saturated carbocycles. The smallest absolute Gasteiger partial charge is 0.227 e. The van der Waals surface area contributed by atoms with Gasteiger partial charge in [-0.3, -0.25) is 14.7 Å². The second kappa shape index (κ2) is 8.17. The van der Waals surface area contributed by atoms with Gasteiger partial charge in [0, 0.05) is 51.8 Å². The van der Waals surface area contributed by atoms with Crippen LogP contribution in [-0.2, 0) is 11.2 Å². The van der Waals surface area contributed by atoms with E-state index in [1.165, 1.54) is 0 Å². The molecule has 1 aliphatic heterocycles. The van der Waals surface area contributed by atoms with Gasteiger partial charge in [0.1, 0.15) is 5.69 Å². The number of rotatable bonds is 6. The molecule has 8 nitrogen and oxygen atoms in total. The third kappa shape index (κ3) is 4.83. The lowest BCUT2D eigenvalue weighted by atomic mass is 10.2. The van der Waals surface area contributed by atoms with E-state index in [0.29, 0.717) is 49.9 Å². The van der Waals surface area contributed by atoms with Crippen LogP contribution in [0.15, 0.2) is 28.9 Å². The van der Waals surface area contributed by atoms with Crippen LogP contribution in [0.5, 0.6) is 0 Å². The van der Waals surface area contributed by atoms with E-state index in [2.05, 4.69) is 20.0 Å². The number of aromatic nitrogens is 3. The van der Waals surface area contributed by atoms with Gasteiger partial charge in [-0.05, 0) is 19.1 Å². The maximum atomic E-state index is 12.3. The summed E-state index contributed by atoms with van der Waals surface area (Å²) in [4.78, 5) is 24.8. The van der Waals surface area contributed by atoms with Crippen molar-refractivity contribution in [1.82, 2.24) is 24.9 Å². The number of piperazine rings is 1. The largest absolute Gasteiger partial charge is 0.392 e. The number of carbonyl (C=O) groups is 1. The molecule has 3 rings (SSSR count). The molecule has 0 aromatic carbocycles. The molecule has 1 atom stereocenters. The van der Waals surface area contributed by atoms with Crippen LogP contribution in [0, 0.1) is 0 Å². The number of aliphatic hydroxyl groups excluding tert-OH is 1. The van der Waals surface area contributed by atoms with Gasteiger partial charge >= 0.3 is 0 Å². The zero-order valence-electron chi connectivity index (χ0n) is 14.3. The predicted molar refractivity (Wildman–Crippen MR) is 90.6 cm³/mol. The molecular formula is C17H23N5O3. The third-order valence-corrected chi connectivity index (χ3v) is 4.16. The summed E-state index contributed by atoms with van der Waals surface area (Å²) in [7, 11) is 0. The number of pyridine rings is 1. The average molecular weight is 345 g/mol. The highest BCUT2D eigenvalue weighted by molar-refractivity contribution is 5.76. The standard InChI is InChI=1S/C17H23N5O3/c1-13(23)12-21-8-10-22(11-9-21)16(24)6-5-15-19-17(20-25-15)14-4-2-3-7-18-14/h2-4,7,13,23H,5-6,8-12H2,1H3/t13-/m0/s1. The summed E-state index contributed by atoms with van der Waals surface area (Å²) < 4.78 is 5.21. The van der Waals surface area contributed by atoms with Crippen LogP contribution in [0.2, 0.25) is 0 Å². The molecule has 1 amide bonds. The van der Waals surface area contributed by atoms with Crippen molar-refractivity contribution in [3.8, 4) is 11.5 Å². The van der Waals surface area contributed by atoms with Crippen molar-refractivity contribution < 1.29 is 14.4 Å². The molecule has 2 aromatic heterocycles. The normalized spacial score (nSPS) is 16.8. The fraction of sp³-hybridized carbons (Fsp3) is 0.529. The van der Waals surface area contributed by atoms with Gasteiger partial charge in [-0.2, -0.15) is 4.98 Å². The third-order valence-electron chi connectivity index (χ3n) is 4.16. The van der Waals surface area contributed by atoms with Crippen molar-refractivity contribution in [2.24, 2.45) is 0 Å². The maximum absolute atomic E-state index is 12.3. The molecule has 8 heteroatoms. The number of aliphatic hydroxyl groups is 1. The zero-order chi connectivity index (χ0) is 17.6. The summed E-state index contributed by atoms with van der Waals surface area (Å²) in [6, 6.07) is 5.50. The lowest BCUT2D eigenvalue weighted by Crippen LogP contribution is -2.50. The van der Waals surface area contributed by atoms with Crippen LogP contribution in [0.25, 0.3) is 11.5 Å². The summed E-state index contributed by atoms with van der Waals surface area (Å²) >= 11 is 0. The highest BCUT2D eigenvalue weighted by Gasteiger charge is 2.22. The van der Waals surface area contributed by atoms with E-state index in [1.54, 1.807) is 13.1 Å². The fourth-order valence-corrected chi connectivity index (χ4v) is 2.88. The van der Waals surface area contributed by atoms with Crippen LogP contribution in [0.3, 0.4) is 0 Å². The molecule has 0 radical (unpaired) electrons. The van der Waals surface area contributed by atoms with Crippen LogP contribution in [0.4, 0.5) is 0 Å². The summed E-state index contributed by atoms with van der Waals surface area (Å²) in [5.41, 5.74) is 0.651. The summed E-state index contributed by atoms with van der Waals surface area (Å²) in [5, 5.41) is 13.3. The molecule has 0 unspecified atom stereocenters. The molecule has 0 bridgehead atoms. The fourth-order valence-electron chi connectivity index (χ4n) is 2.88. The Kier molecular flexibility index (Phi) is 5.72. The Morgan fingerprint density at radius 1 is 1.32 bits per heavy atom. The quantitative estimate of drug-likeness (QED) is 0.818. The van der Waals surface area contributed by atoms with E-state index in [0.717, 1.165) is 13.1 Å². The van der Waals surface area contributed by atoms with Crippen LogP contribution >= 0.6 is 0 Å². The van der Waals surface area contributed by atoms with E-state index in [-0.39, 0.29) is 12.0 Å². The maximum Gasteiger partial charge on any atom is 0.227 e. The van der Waals surface area contributed by atoms with Crippen molar-refractivity contribution in [3.05, 3.63) is 30.3 Å². The first-order valence-corrected chi connectivity index (χ1v) is 8.54. The van der Waals surface area contributed by atoms with Gasteiger partial charge in [0.15, 0.2) is 0 Å².